The molecule has 208 valence electrons. The SMILES string of the molecule is NCCN1CCOCC1.O.O.O=C(Nc1cccc(-c2ccc(S)cc2)c1)C1(c2ccc3ccoc3c2)CC1. The molecule has 0 bridgehead atoms. The normalized spacial score (nSPS) is 15.7. The van der Waals surface area contributed by atoms with Crippen LogP contribution in [-0.4, -0.2) is 61.2 Å². The van der Waals surface area contributed by atoms with Gasteiger partial charge in [-0.25, -0.2) is 0 Å². The fourth-order valence-electron chi connectivity index (χ4n) is 4.71. The molecule has 3 aromatic carbocycles. The van der Waals surface area contributed by atoms with E-state index in [-0.39, 0.29) is 16.9 Å². The van der Waals surface area contributed by atoms with Gasteiger partial charge in [0.2, 0.25) is 5.91 Å². The van der Waals surface area contributed by atoms with Gasteiger partial charge in [-0.2, -0.15) is 0 Å². The summed E-state index contributed by atoms with van der Waals surface area (Å²) in [6, 6.07) is 23.9. The average Bonchev–Trinajstić information content (AvgIpc) is 3.61. The Labute approximate surface area is 234 Å². The highest BCUT2D eigenvalue weighted by atomic mass is 32.1. The zero-order valence-corrected chi connectivity index (χ0v) is 22.8. The number of nitrogens with one attached hydrogen (secondary N) is 1. The molecule has 9 heteroatoms. The van der Waals surface area contributed by atoms with Crippen molar-refractivity contribution in [1.29, 1.82) is 0 Å². The summed E-state index contributed by atoms with van der Waals surface area (Å²) < 4.78 is 10.7. The van der Waals surface area contributed by atoms with E-state index in [0.717, 1.165) is 90.5 Å². The number of hydrogen-bond acceptors (Lipinski definition) is 6. The molecule has 0 unspecified atom stereocenters. The molecule has 2 heterocycles. The summed E-state index contributed by atoms with van der Waals surface area (Å²) >= 11 is 4.34. The van der Waals surface area contributed by atoms with Gasteiger partial charge in [-0.3, -0.25) is 9.69 Å². The molecule has 1 saturated carbocycles. The zero-order valence-electron chi connectivity index (χ0n) is 21.9. The number of ether oxygens (including phenoxy) is 1. The van der Waals surface area contributed by atoms with Crippen LogP contribution in [0.15, 0.2) is 88.4 Å². The molecule has 7 N–H and O–H groups in total. The second-order valence-corrected chi connectivity index (χ2v) is 10.1. The Balaban J connectivity index is 0.000000329. The van der Waals surface area contributed by atoms with Crippen LogP contribution in [0.2, 0.25) is 0 Å². The van der Waals surface area contributed by atoms with Crippen molar-refractivity contribution < 1.29 is 24.9 Å². The van der Waals surface area contributed by atoms with Gasteiger partial charge >= 0.3 is 0 Å². The van der Waals surface area contributed by atoms with Gasteiger partial charge in [0.15, 0.2) is 0 Å². The molecule has 0 radical (unpaired) electrons. The number of carbonyl (C=O) groups is 1. The fourth-order valence-corrected chi connectivity index (χ4v) is 4.86. The van der Waals surface area contributed by atoms with E-state index in [4.69, 9.17) is 14.9 Å². The molecule has 2 aliphatic rings. The van der Waals surface area contributed by atoms with Crippen LogP contribution < -0.4 is 11.1 Å². The van der Waals surface area contributed by atoms with Crippen molar-refractivity contribution in [2.24, 2.45) is 5.73 Å². The molecular weight excluding hydrogens is 514 g/mol. The van der Waals surface area contributed by atoms with E-state index in [9.17, 15) is 4.79 Å². The topological polar surface area (TPSA) is 144 Å². The lowest BCUT2D eigenvalue weighted by atomic mass is 9.94. The molecule has 2 fully saturated rings. The Morgan fingerprint density at radius 1 is 0.949 bits per heavy atom. The van der Waals surface area contributed by atoms with Gasteiger partial charge in [0.1, 0.15) is 5.58 Å². The molecule has 39 heavy (non-hydrogen) atoms. The molecule has 1 aromatic heterocycles. The van der Waals surface area contributed by atoms with Gasteiger partial charge in [-0.05, 0) is 65.9 Å². The molecule has 8 nitrogen and oxygen atoms in total. The number of rotatable bonds is 6. The molecule has 1 amide bonds. The number of carbonyl (C=O) groups excluding carboxylic acids is 1. The molecule has 1 aliphatic carbocycles. The predicted molar refractivity (Wildman–Crippen MR) is 158 cm³/mol. The maximum absolute atomic E-state index is 13.1. The smallest absolute Gasteiger partial charge is 0.235 e. The van der Waals surface area contributed by atoms with Gasteiger partial charge in [0, 0.05) is 42.1 Å². The quantitative estimate of drug-likeness (QED) is 0.313. The average molecular weight is 552 g/mol. The third-order valence-corrected chi connectivity index (χ3v) is 7.36. The summed E-state index contributed by atoms with van der Waals surface area (Å²) in [7, 11) is 0. The van der Waals surface area contributed by atoms with E-state index in [1.54, 1.807) is 6.26 Å². The summed E-state index contributed by atoms with van der Waals surface area (Å²) in [5, 5.41) is 4.18. The third kappa shape index (κ3) is 7.27. The van der Waals surface area contributed by atoms with E-state index < -0.39 is 5.41 Å². The fraction of sp³-hybridized carbons (Fsp3) is 0.300. The van der Waals surface area contributed by atoms with E-state index in [0.29, 0.717) is 0 Å². The second-order valence-electron chi connectivity index (χ2n) is 9.58. The lowest BCUT2D eigenvalue weighted by molar-refractivity contribution is -0.118. The van der Waals surface area contributed by atoms with E-state index in [2.05, 4.69) is 22.8 Å². The number of benzene rings is 3. The highest BCUT2D eigenvalue weighted by Gasteiger charge is 2.51. The van der Waals surface area contributed by atoms with Crippen LogP contribution in [0.3, 0.4) is 0 Å². The number of nitrogens with zero attached hydrogens (tertiary/aromatic N) is 1. The van der Waals surface area contributed by atoms with Crippen molar-refractivity contribution in [3.63, 3.8) is 0 Å². The predicted octanol–water partition coefficient (Wildman–Crippen LogP) is 3.69. The number of morpholine rings is 1. The van der Waals surface area contributed by atoms with Crippen LogP contribution in [-0.2, 0) is 14.9 Å². The molecular formula is C30H37N3O5S. The molecule has 0 spiro atoms. The number of hydrogen-bond donors (Lipinski definition) is 3. The van der Waals surface area contributed by atoms with Crippen molar-refractivity contribution in [3.05, 3.63) is 84.6 Å². The Hall–Kier alpha value is -3.18. The standard InChI is InChI=1S/C24H19NO2S.C6H14N2O.2H2O/c26-23(24(11-12-24)19-7-4-17-10-13-27-22(17)15-19)25-20-3-1-2-18(14-20)16-5-8-21(28)9-6-16;7-1-2-8-3-5-9-6-4-8;;/h1-10,13-15,28H,11-12H2,(H,25,26);1-7H2;2*1H2. The number of nitrogens with two attached hydrogens (primary N) is 1. The Morgan fingerprint density at radius 2 is 1.69 bits per heavy atom. The Bertz CT molecular complexity index is 1350. The van der Waals surface area contributed by atoms with Gasteiger partial charge < -0.3 is 31.2 Å². The van der Waals surface area contributed by atoms with Crippen LogP contribution in [0.5, 0.6) is 0 Å². The molecule has 0 atom stereocenters. The van der Waals surface area contributed by atoms with Crippen LogP contribution in [0.4, 0.5) is 5.69 Å². The minimum atomic E-state index is -0.454. The van der Waals surface area contributed by atoms with Gasteiger partial charge in [0.05, 0.1) is 24.9 Å². The largest absolute Gasteiger partial charge is 0.464 e. The Kier molecular flexibility index (Phi) is 10.7. The number of fused-ring (bicyclic) bond motifs is 1. The van der Waals surface area contributed by atoms with Crippen molar-refractivity contribution in [1.82, 2.24) is 4.90 Å². The van der Waals surface area contributed by atoms with Crippen molar-refractivity contribution >= 4 is 35.2 Å². The van der Waals surface area contributed by atoms with E-state index in [1.165, 1.54) is 0 Å². The number of amides is 1. The first kappa shape index (κ1) is 30.4. The molecule has 4 aromatic rings. The van der Waals surface area contributed by atoms with Gasteiger partial charge in [0.25, 0.3) is 0 Å². The van der Waals surface area contributed by atoms with Crippen LogP contribution in [0, 0.1) is 0 Å². The summed E-state index contributed by atoms with van der Waals surface area (Å²) in [6.45, 7) is 5.64. The van der Waals surface area contributed by atoms with Crippen LogP contribution >= 0.6 is 12.6 Å². The number of thiol groups is 1. The zero-order chi connectivity index (χ0) is 25.7. The highest BCUT2D eigenvalue weighted by Crippen LogP contribution is 2.49. The first-order valence-electron chi connectivity index (χ1n) is 12.8. The third-order valence-electron chi connectivity index (χ3n) is 7.06. The summed E-state index contributed by atoms with van der Waals surface area (Å²) in [5.41, 5.74) is 9.74. The minimum Gasteiger partial charge on any atom is -0.464 e. The monoisotopic (exact) mass is 551 g/mol. The van der Waals surface area contributed by atoms with Crippen molar-refractivity contribution in [2.75, 3.05) is 44.7 Å². The summed E-state index contributed by atoms with van der Waals surface area (Å²) in [6.07, 6.45) is 3.39. The molecule has 6 rings (SSSR count). The summed E-state index contributed by atoms with van der Waals surface area (Å²) in [4.78, 5) is 16.4. The van der Waals surface area contributed by atoms with Crippen molar-refractivity contribution in [3.8, 4) is 11.1 Å². The van der Waals surface area contributed by atoms with Crippen LogP contribution in [0.1, 0.15) is 18.4 Å². The van der Waals surface area contributed by atoms with Gasteiger partial charge in [-0.1, -0.05) is 36.4 Å². The number of anilines is 1. The van der Waals surface area contributed by atoms with Crippen LogP contribution in [0.25, 0.3) is 22.1 Å². The molecule has 1 saturated heterocycles. The minimum absolute atomic E-state index is 0. The maximum Gasteiger partial charge on any atom is 0.235 e. The molecule has 1 aliphatic heterocycles. The Morgan fingerprint density at radius 3 is 2.38 bits per heavy atom. The van der Waals surface area contributed by atoms with Gasteiger partial charge in [-0.15, -0.1) is 12.6 Å². The lowest BCUT2D eigenvalue weighted by Gasteiger charge is -2.25. The summed E-state index contributed by atoms with van der Waals surface area (Å²) in [5.74, 6) is 0.0428. The number of furan rings is 1. The first-order chi connectivity index (χ1) is 18.1. The highest BCUT2D eigenvalue weighted by molar-refractivity contribution is 7.80. The van der Waals surface area contributed by atoms with E-state index >= 15 is 0 Å². The lowest BCUT2D eigenvalue weighted by Crippen LogP contribution is -2.39. The van der Waals surface area contributed by atoms with E-state index in [1.807, 2.05) is 72.8 Å². The second kappa shape index (κ2) is 13.7. The first-order valence-corrected chi connectivity index (χ1v) is 13.2. The van der Waals surface area contributed by atoms with Crippen molar-refractivity contribution in [2.45, 2.75) is 23.2 Å². The maximum atomic E-state index is 13.1.